The Hall–Kier alpha value is -3.35. The minimum absolute atomic E-state index is 0.255. The molecule has 7 nitrogen and oxygen atoms in total. The van der Waals surface area contributed by atoms with Crippen LogP contribution in [0.25, 0.3) is 11.3 Å². The van der Waals surface area contributed by atoms with Gasteiger partial charge < -0.3 is 14.8 Å². The molecule has 2 aromatic carbocycles. The number of benzene rings is 2. The molecule has 0 fully saturated rings. The summed E-state index contributed by atoms with van der Waals surface area (Å²) in [5, 5.41) is 10.4. The van der Waals surface area contributed by atoms with Gasteiger partial charge in [0.05, 0.1) is 14.2 Å². The second-order valence-corrected chi connectivity index (χ2v) is 5.33. The standard InChI is InChI=1S/C18H17N3O4/c1-11-10-13(6-9-15(11)24-3)16-17(21-25-20-16)19-18(22)12-4-7-14(23-2)8-5-12/h4-10H,1-3H3,(H,19,21,22). The van der Waals surface area contributed by atoms with Gasteiger partial charge in [-0.3, -0.25) is 4.79 Å². The van der Waals surface area contributed by atoms with Crippen LogP contribution in [0.3, 0.4) is 0 Å². The predicted molar refractivity (Wildman–Crippen MR) is 92.0 cm³/mol. The molecule has 128 valence electrons. The third-order valence-electron chi connectivity index (χ3n) is 3.74. The summed E-state index contributed by atoms with van der Waals surface area (Å²) in [6.45, 7) is 1.92. The Balaban J connectivity index is 1.83. The van der Waals surface area contributed by atoms with Gasteiger partial charge in [0, 0.05) is 11.1 Å². The quantitative estimate of drug-likeness (QED) is 0.767. The van der Waals surface area contributed by atoms with Crippen LogP contribution < -0.4 is 14.8 Å². The van der Waals surface area contributed by atoms with Crippen LogP contribution in [0.5, 0.6) is 11.5 Å². The molecular weight excluding hydrogens is 322 g/mol. The summed E-state index contributed by atoms with van der Waals surface area (Å²) in [7, 11) is 3.18. The number of anilines is 1. The maximum absolute atomic E-state index is 12.4. The van der Waals surface area contributed by atoms with Crippen LogP contribution in [0.15, 0.2) is 47.1 Å². The highest BCUT2D eigenvalue weighted by molar-refractivity contribution is 6.05. The predicted octanol–water partition coefficient (Wildman–Crippen LogP) is 3.31. The normalized spacial score (nSPS) is 10.4. The molecule has 0 unspecified atom stereocenters. The van der Waals surface area contributed by atoms with Crippen molar-refractivity contribution in [2.45, 2.75) is 6.92 Å². The first-order valence-corrected chi connectivity index (χ1v) is 7.55. The molecule has 0 aliphatic heterocycles. The molecule has 0 bridgehead atoms. The van der Waals surface area contributed by atoms with Crippen molar-refractivity contribution in [3.05, 3.63) is 53.6 Å². The largest absolute Gasteiger partial charge is 0.497 e. The second kappa shape index (κ2) is 7.04. The molecule has 0 saturated carbocycles. The zero-order valence-electron chi connectivity index (χ0n) is 14.1. The van der Waals surface area contributed by atoms with Crippen LogP contribution in [-0.4, -0.2) is 30.4 Å². The molecule has 0 radical (unpaired) electrons. The average molecular weight is 339 g/mol. The first-order valence-electron chi connectivity index (χ1n) is 7.55. The van der Waals surface area contributed by atoms with E-state index in [1.54, 1.807) is 38.5 Å². The lowest BCUT2D eigenvalue weighted by atomic mass is 10.1. The summed E-state index contributed by atoms with van der Waals surface area (Å²) in [5.41, 5.74) is 2.63. The number of methoxy groups -OCH3 is 2. The van der Waals surface area contributed by atoms with E-state index < -0.39 is 0 Å². The Morgan fingerprint density at radius 2 is 1.80 bits per heavy atom. The summed E-state index contributed by atoms with van der Waals surface area (Å²) in [4.78, 5) is 12.4. The average Bonchev–Trinajstić information content (AvgIpc) is 3.09. The summed E-state index contributed by atoms with van der Waals surface area (Å²) < 4.78 is 15.1. The van der Waals surface area contributed by atoms with Crippen LogP contribution in [0, 0.1) is 6.92 Å². The van der Waals surface area contributed by atoms with Gasteiger partial charge in [0.15, 0.2) is 5.69 Å². The van der Waals surface area contributed by atoms with E-state index in [1.807, 2.05) is 25.1 Å². The third-order valence-corrected chi connectivity index (χ3v) is 3.74. The molecule has 1 N–H and O–H groups in total. The summed E-state index contributed by atoms with van der Waals surface area (Å²) in [5.74, 6) is 1.38. The van der Waals surface area contributed by atoms with Crippen molar-refractivity contribution in [3.63, 3.8) is 0 Å². The highest BCUT2D eigenvalue weighted by Gasteiger charge is 2.17. The summed E-state index contributed by atoms with van der Waals surface area (Å²) in [6.07, 6.45) is 0. The van der Waals surface area contributed by atoms with E-state index in [0.717, 1.165) is 16.9 Å². The van der Waals surface area contributed by atoms with Gasteiger partial charge in [0.25, 0.3) is 5.91 Å². The Morgan fingerprint density at radius 3 is 2.44 bits per heavy atom. The molecule has 0 saturated heterocycles. The number of amides is 1. The fourth-order valence-corrected chi connectivity index (χ4v) is 2.41. The van der Waals surface area contributed by atoms with E-state index in [0.29, 0.717) is 17.0 Å². The number of nitrogens with zero attached hydrogens (tertiary/aromatic N) is 2. The maximum atomic E-state index is 12.4. The van der Waals surface area contributed by atoms with Crippen molar-refractivity contribution in [2.24, 2.45) is 0 Å². The van der Waals surface area contributed by atoms with E-state index in [2.05, 4.69) is 15.6 Å². The molecule has 1 heterocycles. The van der Waals surface area contributed by atoms with Crippen molar-refractivity contribution in [2.75, 3.05) is 19.5 Å². The molecule has 0 aliphatic carbocycles. The van der Waals surface area contributed by atoms with Crippen LogP contribution in [0.1, 0.15) is 15.9 Å². The number of aryl methyl sites for hydroxylation is 1. The van der Waals surface area contributed by atoms with Gasteiger partial charge in [-0.05, 0) is 65.3 Å². The fraction of sp³-hybridized carbons (Fsp3) is 0.167. The topological polar surface area (TPSA) is 86.5 Å². The molecule has 1 amide bonds. The first-order chi connectivity index (χ1) is 12.1. The van der Waals surface area contributed by atoms with Crippen molar-refractivity contribution in [3.8, 4) is 22.8 Å². The lowest BCUT2D eigenvalue weighted by Gasteiger charge is -2.07. The van der Waals surface area contributed by atoms with Crippen molar-refractivity contribution >= 4 is 11.7 Å². The molecule has 0 atom stereocenters. The molecular formula is C18H17N3O4. The molecule has 3 aromatic rings. The van der Waals surface area contributed by atoms with Gasteiger partial charge in [-0.2, -0.15) is 0 Å². The second-order valence-electron chi connectivity index (χ2n) is 5.33. The van der Waals surface area contributed by atoms with E-state index in [9.17, 15) is 4.79 Å². The van der Waals surface area contributed by atoms with Crippen LogP contribution >= 0.6 is 0 Å². The Bertz CT molecular complexity index is 888. The number of nitrogens with one attached hydrogen (secondary N) is 1. The smallest absolute Gasteiger partial charge is 0.256 e. The van der Waals surface area contributed by atoms with Crippen molar-refractivity contribution < 1.29 is 18.9 Å². The third kappa shape index (κ3) is 3.45. The van der Waals surface area contributed by atoms with Crippen LogP contribution in [0.2, 0.25) is 0 Å². The zero-order valence-corrected chi connectivity index (χ0v) is 14.1. The van der Waals surface area contributed by atoms with E-state index >= 15 is 0 Å². The monoisotopic (exact) mass is 339 g/mol. The number of aromatic nitrogens is 2. The highest BCUT2D eigenvalue weighted by Crippen LogP contribution is 2.29. The molecule has 25 heavy (non-hydrogen) atoms. The molecule has 1 aromatic heterocycles. The van der Waals surface area contributed by atoms with Gasteiger partial charge >= 0.3 is 0 Å². The fourth-order valence-electron chi connectivity index (χ4n) is 2.41. The van der Waals surface area contributed by atoms with Gasteiger partial charge in [-0.25, -0.2) is 4.63 Å². The van der Waals surface area contributed by atoms with Crippen molar-refractivity contribution in [1.82, 2.24) is 10.3 Å². The number of ether oxygens (including phenoxy) is 2. The van der Waals surface area contributed by atoms with Gasteiger partial charge in [0.2, 0.25) is 5.82 Å². The SMILES string of the molecule is COc1ccc(C(=O)Nc2nonc2-c2ccc(OC)c(C)c2)cc1. The minimum atomic E-state index is -0.315. The molecule has 0 spiro atoms. The van der Waals surface area contributed by atoms with Crippen LogP contribution in [0.4, 0.5) is 5.82 Å². The van der Waals surface area contributed by atoms with Gasteiger partial charge in [-0.1, -0.05) is 0 Å². The zero-order chi connectivity index (χ0) is 17.8. The van der Waals surface area contributed by atoms with Gasteiger partial charge in [-0.15, -0.1) is 0 Å². The summed E-state index contributed by atoms with van der Waals surface area (Å²) >= 11 is 0. The number of carbonyl (C=O) groups is 1. The maximum Gasteiger partial charge on any atom is 0.256 e. The minimum Gasteiger partial charge on any atom is -0.497 e. The molecule has 0 aliphatic rings. The van der Waals surface area contributed by atoms with E-state index in [4.69, 9.17) is 14.1 Å². The van der Waals surface area contributed by atoms with E-state index in [-0.39, 0.29) is 11.7 Å². The lowest BCUT2D eigenvalue weighted by molar-refractivity contribution is 0.102. The number of hydrogen-bond donors (Lipinski definition) is 1. The highest BCUT2D eigenvalue weighted by atomic mass is 16.6. The number of rotatable bonds is 5. The van der Waals surface area contributed by atoms with Crippen LogP contribution in [-0.2, 0) is 0 Å². The number of hydrogen-bond acceptors (Lipinski definition) is 6. The summed E-state index contributed by atoms with van der Waals surface area (Å²) in [6, 6.07) is 12.3. The molecule has 7 heteroatoms. The van der Waals surface area contributed by atoms with Crippen molar-refractivity contribution in [1.29, 1.82) is 0 Å². The lowest BCUT2D eigenvalue weighted by Crippen LogP contribution is -2.12. The van der Waals surface area contributed by atoms with Gasteiger partial charge in [0.1, 0.15) is 11.5 Å². The Labute approximate surface area is 144 Å². The number of carbonyl (C=O) groups excluding carboxylic acids is 1. The van der Waals surface area contributed by atoms with E-state index in [1.165, 1.54) is 0 Å². The molecule has 3 rings (SSSR count). The Kier molecular flexibility index (Phi) is 4.65. The Morgan fingerprint density at radius 1 is 1.04 bits per heavy atom. The first kappa shape index (κ1) is 16.5.